The minimum Gasteiger partial charge on any atom is -0.372 e. The van der Waals surface area contributed by atoms with Gasteiger partial charge in [-0.1, -0.05) is 26.8 Å². The van der Waals surface area contributed by atoms with E-state index in [1.165, 1.54) is 6.42 Å². The third-order valence-electron chi connectivity index (χ3n) is 3.92. The van der Waals surface area contributed by atoms with Crippen molar-refractivity contribution < 1.29 is 4.39 Å². The van der Waals surface area contributed by atoms with Crippen LogP contribution in [0.3, 0.4) is 0 Å². The number of anilines is 1. The predicted molar refractivity (Wildman–Crippen MR) is 78.9 cm³/mol. The van der Waals surface area contributed by atoms with Crippen molar-refractivity contribution in [2.24, 2.45) is 11.8 Å². The normalized spacial score (nSPS) is 21.8. The first-order valence-electron chi connectivity index (χ1n) is 7.20. The first-order valence-corrected chi connectivity index (χ1v) is 7.20. The number of nitrogens with one attached hydrogen (secondary N) is 1. The van der Waals surface area contributed by atoms with E-state index in [1.54, 1.807) is 6.07 Å². The molecule has 0 amide bonds. The van der Waals surface area contributed by atoms with Gasteiger partial charge in [0.25, 0.3) is 0 Å². The first-order chi connectivity index (χ1) is 8.97. The second-order valence-electron chi connectivity index (χ2n) is 6.17. The van der Waals surface area contributed by atoms with E-state index in [1.807, 2.05) is 24.1 Å². The molecule has 0 radical (unpaired) electrons. The van der Waals surface area contributed by atoms with Gasteiger partial charge in [0.05, 0.1) is 5.69 Å². The van der Waals surface area contributed by atoms with Crippen LogP contribution >= 0.6 is 0 Å². The Bertz CT molecular complexity index is 431. The summed E-state index contributed by atoms with van der Waals surface area (Å²) in [6, 6.07) is 5.99. The molecule has 1 aromatic rings. The first kappa shape index (κ1) is 14.3. The van der Waals surface area contributed by atoms with E-state index < -0.39 is 0 Å². The molecule has 1 aromatic carbocycles. The molecule has 0 bridgehead atoms. The van der Waals surface area contributed by atoms with Gasteiger partial charge in [-0.15, -0.1) is 0 Å². The number of rotatable bonds is 6. The van der Waals surface area contributed by atoms with Gasteiger partial charge >= 0.3 is 0 Å². The molecule has 1 saturated carbocycles. The Morgan fingerprint density at radius 1 is 1.42 bits per heavy atom. The van der Waals surface area contributed by atoms with Gasteiger partial charge in [0.15, 0.2) is 0 Å². The molecule has 1 aliphatic carbocycles. The molecule has 1 N–H and O–H groups in total. The van der Waals surface area contributed by atoms with E-state index >= 15 is 0 Å². The number of benzene rings is 1. The minimum absolute atomic E-state index is 0.112. The summed E-state index contributed by atoms with van der Waals surface area (Å²) in [6.07, 6.45) is 1.28. The molecular weight excluding hydrogens is 239 g/mol. The molecule has 2 rings (SSSR count). The van der Waals surface area contributed by atoms with Gasteiger partial charge in [0.2, 0.25) is 0 Å². The highest BCUT2D eigenvalue weighted by Gasteiger charge is 2.33. The smallest absolute Gasteiger partial charge is 0.146 e. The van der Waals surface area contributed by atoms with Gasteiger partial charge in [-0.25, -0.2) is 4.39 Å². The zero-order valence-corrected chi connectivity index (χ0v) is 12.4. The van der Waals surface area contributed by atoms with Crippen LogP contribution in [-0.4, -0.2) is 19.6 Å². The van der Waals surface area contributed by atoms with Crippen molar-refractivity contribution in [2.75, 3.05) is 18.5 Å². The fraction of sp³-hybridized carbons (Fsp3) is 0.625. The van der Waals surface area contributed by atoms with Crippen molar-refractivity contribution in [2.45, 2.75) is 39.8 Å². The Labute approximate surface area is 116 Å². The molecule has 1 fully saturated rings. The lowest BCUT2D eigenvalue weighted by Gasteiger charge is -2.20. The molecule has 2 atom stereocenters. The fourth-order valence-electron chi connectivity index (χ4n) is 2.40. The lowest BCUT2D eigenvalue weighted by molar-refractivity contribution is 0.580. The van der Waals surface area contributed by atoms with Gasteiger partial charge in [0.1, 0.15) is 5.82 Å². The summed E-state index contributed by atoms with van der Waals surface area (Å²) in [5, 5.41) is 3.31. The summed E-state index contributed by atoms with van der Waals surface area (Å²) >= 11 is 0. The van der Waals surface area contributed by atoms with Crippen LogP contribution in [0.15, 0.2) is 18.2 Å². The Morgan fingerprint density at radius 3 is 2.63 bits per heavy atom. The summed E-state index contributed by atoms with van der Waals surface area (Å²) in [5.41, 5.74) is 1.72. The van der Waals surface area contributed by atoms with E-state index in [9.17, 15) is 4.39 Å². The molecule has 1 aliphatic rings. The molecule has 3 heteroatoms. The van der Waals surface area contributed by atoms with Gasteiger partial charge in [-0.05, 0) is 36.0 Å². The maximum atomic E-state index is 14.1. The Morgan fingerprint density at radius 2 is 2.11 bits per heavy atom. The van der Waals surface area contributed by atoms with Crippen molar-refractivity contribution >= 4 is 5.69 Å². The van der Waals surface area contributed by atoms with Gasteiger partial charge in [0, 0.05) is 26.2 Å². The van der Waals surface area contributed by atoms with Crippen LogP contribution in [0.5, 0.6) is 0 Å². The van der Waals surface area contributed by atoms with Crippen molar-refractivity contribution in [1.29, 1.82) is 0 Å². The minimum atomic E-state index is -0.112. The van der Waals surface area contributed by atoms with Crippen LogP contribution < -0.4 is 10.2 Å². The van der Waals surface area contributed by atoms with Crippen LogP contribution in [0.1, 0.15) is 32.8 Å². The molecule has 106 valence electrons. The van der Waals surface area contributed by atoms with Crippen LogP contribution in [0.25, 0.3) is 0 Å². The maximum absolute atomic E-state index is 14.1. The summed E-state index contributed by atoms with van der Waals surface area (Å²) in [6.45, 7) is 8.13. The van der Waals surface area contributed by atoms with Crippen LogP contribution in [0.2, 0.25) is 0 Å². The molecule has 2 unspecified atom stereocenters. The average Bonchev–Trinajstić information content (AvgIpc) is 3.02. The van der Waals surface area contributed by atoms with Gasteiger partial charge < -0.3 is 10.2 Å². The van der Waals surface area contributed by atoms with Crippen LogP contribution in [-0.2, 0) is 6.54 Å². The molecular formula is C16H25FN2. The highest BCUT2D eigenvalue weighted by molar-refractivity contribution is 5.48. The number of nitrogens with zero attached hydrogens (tertiary/aromatic N) is 1. The molecule has 0 aliphatic heterocycles. The number of hydrogen-bond donors (Lipinski definition) is 1. The van der Waals surface area contributed by atoms with E-state index in [0.717, 1.165) is 30.5 Å². The standard InChI is InChI=1S/C16H25FN2/c1-11(2)18-9-13-5-6-16(15(17)8-13)19(4)10-14-7-12(14)3/h5-6,8,11-12,14,18H,7,9-10H2,1-4H3. The maximum Gasteiger partial charge on any atom is 0.146 e. The van der Waals surface area contributed by atoms with E-state index in [2.05, 4.69) is 26.1 Å². The van der Waals surface area contributed by atoms with Crippen molar-refractivity contribution in [3.8, 4) is 0 Å². The molecule has 0 spiro atoms. The average molecular weight is 264 g/mol. The van der Waals surface area contributed by atoms with E-state index in [4.69, 9.17) is 0 Å². The van der Waals surface area contributed by atoms with E-state index in [-0.39, 0.29) is 5.82 Å². The monoisotopic (exact) mass is 264 g/mol. The fourth-order valence-corrected chi connectivity index (χ4v) is 2.40. The summed E-state index contributed by atoms with van der Waals surface area (Å²) in [4.78, 5) is 2.04. The predicted octanol–water partition coefficient (Wildman–Crippen LogP) is 3.42. The third-order valence-corrected chi connectivity index (χ3v) is 3.92. The molecule has 0 saturated heterocycles. The lowest BCUT2D eigenvalue weighted by atomic mass is 10.1. The molecule has 0 heterocycles. The molecule has 2 nitrogen and oxygen atoms in total. The topological polar surface area (TPSA) is 15.3 Å². The number of halogens is 1. The van der Waals surface area contributed by atoms with Crippen molar-refractivity contribution in [1.82, 2.24) is 5.32 Å². The summed E-state index contributed by atoms with van der Waals surface area (Å²) < 4.78 is 14.1. The lowest BCUT2D eigenvalue weighted by Crippen LogP contribution is -2.23. The highest BCUT2D eigenvalue weighted by atomic mass is 19.1. The Hall–Kier alpha value is -1.09. The zero-order chi connectivity index (χ0) is 14.0. The zero-order valence-electron chi connectivity index (χ0n) is 12.4. The van der Waals surface area contributed by atoms with Crippen LogP contribution in [0.4, 0.5) is 10.1 Å². The Kier molecular flexibility index (Phi) is 4.46. The largest absolute Gasteiger partial charge is 0.372 e. The molecule has 19 heavy (non-hydrogen) atoms. The SMILES string of the molecule is CC(C)NCc1ccc(N(C)CC2CC2C)c(F)c1. The highest BCUT2D eigenvalue weighted by Crippen LogP contribution is 2.38. The second kappa shape index (κ2) is 5.91. The third kappa shape index (κ3) is 3.93. The van der Waals surface area contributed by atoms with Crippen LogP contribution in [0, 0.1) is 17.7 Å². The summed E-state index contributed by atoms with van der Waals surface area (Å²) in [7, 11) is 1.98. The summed E-state index contributed by atoms with van der Waals surface area (Å²) in [5.74, 6) is 1.44. The van der Waals surface area contributed by atoms with Crippen molar-refractivity contribution in [3.63, 3.8) is 0 Å². The Balaban J connectivity index is 1.97. The van der Waals surface area contributed by atoms with Gasteiger partial charge in [-0.3, -0.25) is 0 Å². The van der Waals surface area contributed by atoms with Crippen molar-refractivity contribution in [3.05, 3.63) is 29.6 Å². The second-order valence-corrected chi connectivity index (χ2v) is 6.17. The van der Waals surface area contributed by atoms with Gasteiger partial charge in [-0.2, -0.15) is 0 Å². The molecule has 0 aromatic heterocycles. The quantitative estimate of drug-likeness (QED) is 0.847. The number of hydrogen-bond acceptors (Lipinski definition) is 2. The van der Waals surface area contributed by atoms with E-state index in [0.29, 0.717) is 11.7 Å².